The molecule has 0 bridgehead atoms. The summed E-state index contributed by atoms with van der Waals surface area (Å²) in [7, 11) is 0. The standard InChI is InChI=1S/C21H19F2N3/c1-3-11-26-21-19(13(2)25-26)17(20(22)23)12-18(24-21)16-10-6-8-14-7-4-5-9-15(14)16/h4-10,12,20H,3,11H2,1-2H3. The predicted octanol–water partition coefficient (Wildman–Crippen LogP) is 5.91. The van der Waals surface area contributed by atoms with Crippen molar-refractivity contribution in [2.45, 2.75) is 33.2 Å². The minimum absolute atomic E-state index is 0.00205. The van der Waals surface area contributed by atoms with Crippen molar-refractivity contribution in [3.05, 3.63) is 59.8 Å². The summed E-state index contributed by atoms with van der Waals surface area (Å²) in [4.78, 5) is 4.75. The first kappa shape index (κ1) is 16.6. The van der Waals surface area contributed by atoms with Crippen LogP contribution >= 0.6 is 0 Å². The van der Waals surface area contributed by atoms with Crippen LogP contribution in [0.2, 0.25) is 0 Å². The minimum Gasteiger partial charge on any atom is -0.247 e. The van der Waals surface area contributed by atoms with Gasteiger partial charge in [-0.15, -0.1) is 0 Å². The lowest BCUT2D eigenvalue weighted by molar-refractivity contribution is 0.153. The van der Waals surface area contributed by atoms with Gasteiger partial charge in [-0.1, -0.05) is 49.4 Å². The molecule has 2 aromatic heterocycles. The van der Waals surface area contributed by atoms with Crippen LogP contribution in [0.25, 0.3) is 33.1 Å². The maximum Gasteiger partial charge on any atom is 0.264 e. The Labute approximate surface area is 150 Å². The first-order chi connectivity index (χ1) is 12.6. The molecule has 0 aliphatic rings. The lowest BCUT2D eigenvalue weighted by Gasteiger charge is -2.10. The van der Waals surface area contributed by atoms with E-state index in [4.69, 9.17) is 4.98 Å². The number of benzene rings is 2. The van der Waals surface area contributed by atoms with Gasteiger partial charge in [-0.25, -0.2) is 18.4 Å². The second-order valence-electron chi connectivity index (χ2n) is 6.43. The number of hydrogen-bond donors (Lipinski definition) is 0. The molecule has 0 aliphatic carbocycles. The van der Waals surface area contributed by atoms with Crippen molar-refractivity contribution >= 4 is 21.8 Å². The highest BCUT2D eigenvalue weighted by Crippen LogP contribution is 2.35. The van der Waals surface area contributed by atoms with Crippen LogP contribution in [0.15, 0.2) is 48.5 Å². The summed E-state index contributed by atoms with van der Waals surface area (Å²) < 4.78 is 29.4. The van der Waals surface area contributed by atoms with Gasteiger partial charge in [-0.2, -0.15) is 5.10 Å². The maximum absolute atomic E-state index is 13.8. The normalized spacial score (nSPS) is 11.7. The third-order valence-electron chi connectivity index (χ3n) is 4.64. The third-order valence-corrected chi connectivity index (χ3v) is 4.64. The Hall–Kier alpha value is -2.82. The Morgan fingerprint density at radius 1 is 1.08 bits per heavy atom. The van der Waals surface area contributed by atoms with E-state index in [1.54, 1.807) is 11.6 Å². The summed E-state index contributed by atoms with van der Waals surface area (Å²) in [5, 5.41) is 6.97. The van der Waals surface area contributed by atoms with E-state index in [0.29, 0.717) is 29.0 Å². The smallest absolute Gasteiger partial charge is 0.247 e. The highest BCUT2D eigenvalue weighted by molar-refractivity contribution is 5.97. The quantitative estimate of drug-likeness (QED) is 0.458. The predicted molar refractivity (Wildman–Crippen MR) is 100 cm³/mol. The lowest BCUT2D eigenvalue weighted by Crippen LogP contribution is -2.01. The van der Waals surface area contributed by atoms with Crippen LogP contribution in [0.1, 0.15) is 31.0 Å². The summed E-state index contributed by atoms with van der Waals surface area (Å²) >= 11 is 0. The molecule has 2 heterocycles. The van der Waals surface area contributed by atoms with Crippen molar-refractivity contribution in [1.82, 2.24) is 14.8 Å². The first-order valence-electron chi connectivity index (χ1n) is 8.74. The summed E-state index contributed by atoms with van der Waals surface area (Å²) in [6.45, 7) is 4.45. The fraction of sp³-hybridized carbons (Fsp3) is 0.238. The van der Waals surface area contributed by atoms with Crippen molar-refractivity contribution in [2.75, 3.05) is 0 Å². The van der Waals surface area contributed by atoms with E-state index in [9.17, 15) is 8.78 Å². The number of alkyl halides is 2. The van der Waals surface area contributed by atoms with Gasteiger partial charge in [0.15, 0.2) is 5.65 Å². The summed E-state index contributed by atoms with van der Waals surface area (Å²) in [6.07, 6.45) is -1.72. The van der Waals surface area contributed by atoms with Gasteiger partial charge in [-0.3, -0.25) is 0 Å². The molecule has 0 fully saturated rings. The molecular formula is C21H19F2N3. The number of pyridine rings is 1. The molecule has 26 heavy (non-hydrogen) atoms. The molecule has 0 radical (unpaired) electrons. The highest BCUT2D eigenvalue weighted by atomic mass is 19.3. The van der Waals surface area contributed by atoms with Crippen LogP contribution in [-0.4, -0.2) is 14.8 Å². The van der Waals surface area contributed by atoms with E-state index in [1.165, 1.54) is 6.07 Å². The van der Waals surface area contributed by atoms with Gasteiger partial charge in [0.25, 0.3) is 6.43 Å². The van der Waals surface area contributed by atoms with Crippen LogP contribution in [0.5, 0.6) is 0 Å². The molecule has 2 aromatic carbocycles. The molecule has 0 unspecified atom stereocenters. The average molecular weight is 351 g/mol. The second kappa shape index (κ2) is 6.48. The molecule has 0 spiro atoms. The van der Waals surface area contributed by atoms with E-state index in [0.717, 1.165) is 22.8 Å². The van der Waals surface area contributed by atoms with Crippen molar-refractivity contribution in [3.63, 3.8) is 0 Å². The van der Waals surface area contributed by atoms with E-state index >= 15 is 0 Å². The lowest BCUT2D eigenvalue weighted by atomic mass is 10.00. The van der Waals surface area contributed by atoms with E-state index in [2.05, 4.69) is 5.10 Å². The molecule has 0 saturated carbocycles. The number of rotatable bonds is 4. The molecule has 3 nitrogen and oxygen atoms in total. The number of halogens is 2. The first-order valence-corrected chi connectivity index (χ1v) is 8.74. The Balaban J connectivity index is 2.05. The van der Waals surface area contributed by atoms with Crippen molar-refractivity contribution in [3.8, 4) is 11.3 Å². The topological polar surface area (TPSA) is 30.7 Å². The number of aromatic nitrogens is 3. The number of hydrogen-bond acceptors (Lipinski definition) is 2. The van der Waals surface area contributed by atoms with Gasteiger partial charge in [-0.05, 0) is 30.2 Å². The third kappa shape index (κ3) is 2.64. The largest absolute Gasteiger partial charge is 0.264 e. The molecule has 5 heteroatoms. The fourth-order valence-electron chi connectivity index (χ4n) is 3.51. The van der Waals surface area contributed by atoms with Crippen molar-refractivity contribution in [2.24, 2.45) is 0 Å². The zero-order chi connectivity index (χ0) is 18.3. The number of nitrogens with zero attached hydrogens (tertiary/aromatic N) is 3. The molecule has 0 amide bonds. The Kier molecular flexibility index (Phi) is 4.15. The fourth-order valence-corrected chi connectivity index (χ4v) is 3.51. The molecular weight excluding hydrogens is 332 g/mol. The number of aryl methyl sites for hydroxylation is 2. The second-order valence-corrected chi connectivity index (χ2v) is 6.43. The number of fused-ring (bicyclic) bond motifs is 2. The van der Waals surface area contributed by atoms with Crippen molar-refractivity contribution in [1.29, 1.82) is 0 Å². The SMILES string of the molecule is CCCn1nc(C)c2c(C(F)F)cc(-c3cccc4ccccc34)nc21. The van der Waals surface area contributed by atoms with Crippen LogP contribution in [0, 0.1) is 6.92 Å². The Bertz CT molecular complexity index is 1090. The minimum atomic E-state index is -2.58. The van der Waals surface area contributed by atoms with Gasteiger partial charge in [0.05, 0.1) is 16.8 Å². The maximum atomic E-state index is 13.8. The molecule has 4 rings (SSSR count). The molecule has 0 saturated heterocycles. The van der Waals surface area contributed by atoms with Crippen LogP contribution in [-0.2, 0) is 6.54 Å². The van der Waals surface area contributed by atoms with Gasteiger partial charge >= 0.3 is 0 Å². The van der Waals surface area contributed by atoms with Gasteiger partial charge in [0.1, 0.15) is 0 Å². The molecule has 0 aliphatic heterocycles. The van der Waals surface area contributed by atoms with Crippen LogP contribution < -0.4 is 0 Å². The summed E-state index contributed by atoms with van der Waals surface area (Å²) in [6, 6.07) is 15.3. The average Bonchev–Trinajstić information content (AvgIpc) is 2.96. The van der Waals surface area contributed by atoms with Crippen LogP contribution in [0.4, 0.5) is 8.78 Å². The molecule has 132 valence electrons. The molecule has 4 aromatic rings. The van der Waals surface area contributed by atoms with Crippen LogP contribution in [0.3, 0.4) is 0 Å². The van der Waals surface area contributed by atoms with Gasteiger partial charge in [0.2, 0.25) is 0 Å². The zero-order valence-electron chi connectivity index (χ0n) is 14.7. The van der Waals surface area contributed by atoms with Gasteiger partial charge < -0.3 is 0 Å². The monoisotopic (exact) mass is 351 g/mol. The van der Waals surface area contributed by atoms with Crippen molar-refractivity contribution < 1.29 is 8.78 Å². The van der Waals surface area contributed by atoms with E-state index < -0.39 is 6.43 Å². The highest BCUT2D eigenvalue weighted by Gasteiger charge is 2.21. The molecule has 0 N–H and O–H groups in total. The van der Waals surface area contributed by atoms with E-state index in [-0.39, 0.29) is 5.56 Å². The van der Waals surface area contributed by atoms with Gasteiger partial charge in [0, 0.05) is 17.7 Å². The Morgan fingerprint density at radius 3 is 2.62 bits per heavy atom. The molecule has 0 atom stereocenters. The van der Waals surface area contributed by atoms with E-state index in [1.807, 2.05) is 49.4 Å². The zero-order valence-corrected chi connectivity index (χ0v) is 14.7. The Morgan fingerprint density at radius 2 is 1.85 bits per heavy atom. The summed E-state index contributed by atoms with van der Waals surface area (Å²) in [5.41, 5.74) is 2.54. The summed E-state index contributed by atoms with van der Waals surface area (Å²) in [5.74, 6) is 0.